The van der Waals surface area contributed by atoms with Crippen molar-refractivity contribution in [1.29, 1.82) is 0 Å². The summed E-state index contributed by atoms with van der Waals surface area (Å²) in [6.07, 6.45) is -0.0456. The third kappa shape index (κ3) is 2.19. The van der Waals surface area contributed by atoms with Crippen LogP contribution in [0.25, 0.3) is 10.1 Å². The van der Waals surface area contributed by atoms with Crippen molar-refractivity contribution in [3.63, 3.8) is 0 Å². The highest BCUT2D eigenvalue weighted by Crippen LogP contribution is 2.37. The summed E-state index contributed by atoms with van der Waals surface area (Å²) in [4.78, 5) is 23.0. The summed E-state index contributed by atoms with van der Waals surface area (Å²) in [6.45, 7) is 0. The van der Waals surface area contributed by atoms with E-state index in [1.165, 1.54) is 17.4 Å². The first-order valence-corrected chi connectivity index (χ1v) is 6.53. The predicted molar refractivity (Wildman–Crippen MR) is 72.6 cm³/mol. The van der Waals surface area contributed by atoms with Crippen LogP contribution in [-0.4, -0.2) is 16.9 Å². The lowest BCUT2D eigenvalue weighted by molar-refractivity contribution is -0.117. The molecule has 0 saturated carbocycles. The number of carbonyl (C=O) groups excluding carboxylic acids is 2. The number of thiophene rings is 1. The minimum Gasteiger partial charge on any atom is -0.507 e. The van der Waals surface area contributed by atoms with Crippen LogP contribution in [0, 0.1) is 0 Å². The van der Waals surface area contributed by atoms with Crippen molar-refractivity contribution >= 4 is 49.2 Å². The molecule has 7 heteroatoms. The molecular formula is C11H9BrN2O3S. The summed E-state index contributed by atoms with van der Waals surface area (Å²) in [6, 6.07) is 3.12. The number of nitrogens with two attached hydrogens (primary N) is 2. The Labute approximate surface area is 115 Å². The standard InChI is InChI=1S/C11H9BrN2O3S/c12-5-1-4-7(2-6(5)15)18-8(3-9(13)16)10(4)11(14)17/h1-2,15H,3H2,(H2,13,16)(H2,14,17). The van der Waals surface area contributed by atoms with Crippen molar-refractivity contribution in [2.45, 2.75) is 6.42 Å². The van der Waals surface area contributed by atoms with Gasteiger partial charge in [-0.2, -0.15) is 0 Å². The fraction of sp³-hybridized carbons (Fsp3) is 0.0909. The number of rotatable bonds is 3. The van der Waals surface area contributed by atoms with E-state index in [4.69, 9.17) is 11.5 Å². The predicted octanol–water partition coefficient (Wildman–Crippen LogP) is 1.50. The highest BCUT2D eigenvalue weighted by molar-refractivity contribution is 9.10. The number of benzene rings is 1. The highest BCUT2D eigenvalue weighted by atomic mass is 79.9. The topological polar surface area (TPSA) is 106 Å². The molecule has 0 aliphatic rings. The summed E-state index contributed by atoms with van der Waals surface area (Å²) in [5.74, 6) is -1.09. The third-order valence-electron chi connectivity index (χ3n) is 2.41. The normalized spacial score (nSPS) is 10.7. The molecular weight excluding hydrogens is 320 g/mol. The number of fused-ring (bicyclic) bond motifs is 1. The van der Waals surface area contributed by atoms with Gasteiger partial charge in [-0.05, 0) is 28.1 Å². The minimum absolute atomic E-state index is 0.0456. The molecule has 1 heterocycles. The third-order valence-corrected chi connectivity index (χ3v) is 4.20. The van der Waals surface area contributed by atoms with Crippen LogP contribution >= 0.6 is 27.3 Å². The van der Waals surface area contributed by atoms with Gasteiger partial charge in [0.25, 0.3) is 0 Å². The van der Waals surface area contributed by atoms with E-state index in [2.05, 4.69) is 15.9 Å². The van der Waals surface area contributed by atoms with E-state index in [9.17, 15) is 14.7 Å². The molecule has 0 unspecified atom stereocenters. The van der Waals surface area contributed by atoms with Gasteiger partial charge in [-0.25, -0.2) is 0 Å². The van der Waals surface area contributed by atoms with Crippen LogP contribution in [0.4, 0.5) is 0 Å². The number of halogens is 1. The maximum atomic E-state index is 11.5. The highest BCUT2D eigenvalue weighted by Gasteiger charge is 2.19. The Hall–Kier alpha value is -1.60. The molecule has 5 nitrogen and oxygen atoms in total. The second-order valence-corrected chi connectivity index (χ2v) is 5.70. The fourth-order valence-electron chi connectivity index (χ4n) is 1.71. The summed E-state index contributed by atoms with van der Waals surface area (Å²) >= 11 is 4.39. The first kappa shape index (κ1) is 12.8. The quantitative estimate of drug-likeness (QED) is 0.794. The molecule has 0 radical (unpaired) electrons. The molecule has 0 saturated heterocycles. The van der Waals surface area contributed by atoms with E-state index in [0.29, 0.717) is 19.4 Å². The first-order valence-electron chi connectivity index (χ1n) is 4.92. The molecule has 0 bridgehead atoms. The Morgan fingerprint density at radius 2 is 2.00 bits per heavy atom. The monoisotopic (exact) mass is 328 g/mol. The summed E-state index contributed by atoms with van der Waals surface area (Å²) in [7, 11) is 0. The van der Waals surface area contributed by atoms with Gasteiger partial charge in [0.15, 0.2) is 0 Å². The molecule has 0 atom stereocenters. The van der Waals surface area contributed by atoms with Crippen LogP contribution in [0.3, 0.4) is 0 Å². The average molecular weight is 329 g/mol. The van der Waals surface area contributed by atoms with Gasteiger partial charge in [0.2, 0.25) is 11.8 Å². The maximum Gasteiger partial charge on any atom is 0.250 e. The van der Waals surface area contributed by atoms with E-state index in [1.807, 2.05) is 0 Å². The van der Waals surface area contributed by atoms with Crippen molar-refractivity contribution in [2.24, 2.45) is 11.5 Å². The van der Waals surface area contributed by atoms with Crippen molar-refractivity contribution < 1.29 is 14.7 Å². The summed E-state index contributed by atoms with van der Waals surface area (Å²) in [5, 5.41) is 10.2. The van der Waals surface area contributed by atoms with Gasteiger partial charge in [-0.1, -0.05) is 0 Å². The molecule has 2 rings (SSSR count). The molecule has 2 aromatic rings. The average Bonchev–Trinajstić information content (AvgIpc) is 2.55. The molecule has 2 amide bonds. The van der Waals surface area contributed by atoms with Gasteiger partial charge in [-0.15, -0.1) is 11.3 Å². The Bertz CT molecular complexity index is 666. The lowest BCUT2D eigenvalue weighted by atomic mass is 10.1. The van der Waals surface area contributed by atoms with Gasteiger partial charge in [0, 0.05) is 15.0 Å². The Morgan fingerprint density at radius 3 is 2.56 bits per heavy atom. The molecule has 0 fully saturated rings. The Kier molecular flexibility index (Phi) is 3.27. The smallest absolute Gasteiger partial charge is 0.250 e. The number of primary amides is 2. The van der Waals surface area contributed by atoms with Crippen LogP contribution in [0.15, 0.2) is 16.6 Å². The van der Waals surface area contributed by atoms with Crippen LogP contribution in [0.1, 0.15) is 15.2 Å². The molecule has 0 aliphatic carbocycles. The lowest BCUT2D eigenvalue weighted by Crippen LogP contribution is -2.17. The number of carbonyl (C=O) groups is 2. The SMILES string of the molecule is NC(=O)Cc1sc2cc(O)c(Br)cc2c1C(N)=O. The van der Waals surface area contributed by atoms with Crippen molar-refractivity contribution in [2.75, 3.05) is 0 Å². The van der Waals surface area contributed by atoms with Crippen LogP contribution in [-0.2, 0) is 11.2 Å². The molecule has 5 N–H and O–H groups in total. The van der Waals surface area contributed by atoms with Crippen molar-refractivity contribution in [1.82, 2.24) is 0 Å². The zero-order chi connectivity index (χ0) is 13.4. The Balaban J connectivity index is 2.75. The largest absolute Gasteiger partial charge is 0.507 e. The Morgan fingerprint density at radius 1 is 1.33 bits per heavy atom. The molecule has 1 aromatic carbocycles. The summed E-state index contributed by atoms with van der Waals surface area (Å²) < 4.78 is 1.14. The summed E-state index contributed by atoms with van der Waals surface area (Å²) in [5.41, 5.74) is 10.7. The second kappa shape index (κ2) is 4.58. The number of aromatic hydroxyl groups is 1. The molecule has 18 heavy (non-hydrogen) atoms. The van der Waals surface area contributed by atoms with E-state index in [-0.39, 0.29) is 17.7 Å². The van der Waals surface area contributed by atoms with Gasteiger partial charge in [0.1, 0.15) is 5.75 Å². The molecule has 1 aromatic heterocycles. The van der Waals surface area contributed by atoms with Gasteiger partial charge >= 0.3 is 0 Å². The van der Waals surface area contributed by atoms with E-state index >= 15 is 0 Å². The van der Waals surface area contributed by atoms with Gasteiger partial charge in [0.05, 0.1) is 16.5 Å². The number of hydrogen-bond donors (Lipinski definition) is 3. The van der Waals surface area contributed by atoms with Crippen LogP contribution in [0.5, 0.6) is 5.75 Å². The number of phenolic OH excluding ortho intramolecular Hbond substituents is 1. The number of amides is 2. The van der Waals surface area contributed by atoms with Crippen molar-refractivity contribution in [3.8, 4) is 5.75 Å². The second-order valence-electron chi connectivity index (χ2n) is 3.71. The molecule has 94 valence electrons. The van der Waals surface area contributed by atoms with Crippen LogP contribution in [0.2, 0.25) is 0 Å². The van der Waals surface area contributed by atoms with Crippen molar-refractivity contribution in [3.05, 3.63) is 27.0 Å². The first-order chi connectivity index (χ1) is 8.40. The van der Waals surface area contributed by atoms with Gasteiger partial charge in [-0.3, -0.25) is 9.59 Å². The molecule has 0 aliphatic heterocycles. The maximum absolute atomic E-state index is 11.5. The minimum atomic E-state index is -0.616. The fourth-order valence-corrected chi connectivity index (χ4v) is 3.29. The lowest BCUT2D eigenvalue weighted by Gasteiger charge is -1.99. The number of phenols is 1. The zero-order valence-electron chi connectivity index (χ0n) is 9.07. The van der Waals surface area contributed by atoms with Gasteiger partial charge < -0.3 is 16.6 Å². The van der Waals surface area contributed by atoms with E-state index in [1.54, 1.807) is 6.07 Å². The van der Waals surface area contributed by atoms with E-state index in [0.717, 1.165) is 0 Å². The van der Waals surface area contributed by atoms with E-state index < -0.39 is 11.8 Å². The molecule has 0 spiro atoms. The number of hydrogen-bond acceptors (Lipinski definition) is 4. The zero-order valence-corrected chi connectivity index (χ0v) is 11.5. The van der Waals surface area contributed by atoms with Crippen LogP contribution < -0.4 is 11.5 Å².